The third kappa shape index (κ3) is 2.51. The smallest absolute Gasteiger partial charge is 0.309 e. The Kier molecular flexibility index (Phi) is 3.29. The Hall–Kier alpha value is -0.570. The summed E-state index contributed by atoms with van der Waals surface area (Å²) >= 11 is 0. The van der Waals surface area contributed by atoms with Crippen LogP contribution in [0.3, 0.4) is 0 Å². The largest absolute Gasteiger partial charge is 0.481 e. The standard InChI is InChI=1S/C12H20O3/c1-2-3-4-9-7-10(12(13)14)11(15-9)8-5-6-8/h8-11H,2-7H2,1H3,(H,13,14). The summed E-state index contributed by atoms with van der Waals surface area (Å²) in [6.07, 6.45) is 6.62. The van der Waals surface area contributed by atoms with Gasteiger partial charge in [-0.1, -0.05) is 19.8 Å². The molecule has 3 atom stereocenters. The van der Waals surface area contributed by atoms with Gasteiger partial charge in [0.2, 0.25) is 0 Å². The van der Waals surface area contributed by atoms with Crippen LogP contribution in [-0.2, 0) is 9.53 Å². The van der Waals surface area contributed by atoms with Crippen LogP contribution in [0, 0.1) is 11.8 Å². The normalized spacial score (nSPS) is 35.7. The van der Waals surface area contributed by atoms with Crippen LogP contribution in [-0.4, -0.2) is 23.3 Å². The van der Waals surface area contributed by atoms with Crippen LogP contribution in [0.1, 0.15) is 45.4 Å². The maximum Gasteiger partial charge on any atom is 0.309 e. The van der Waals surface area contributed by atoms with Crippen LogP contribution in [0.2, 0.25) is 0 Å². The van der Waals surface area contributed by atoms with Crippen LogP contribution in [0.25, 0.3) is 0 Å². The fraction of sp³-hybridized carbons (Fsp3) is 0.917. The van der Waals surface area contributed by atoms with Crippen molar-refractivity contribution in [3.05, 3.63) is 0 Å². The fourth-order valence-corrected chi connectivity index (χ4v) is 2.51. The molecule has 0 spiro atoms. The molecule has 0 radical (unpaired) electrons. The van der Waals surface area contributed by atoms with Gasteiger partial charge in [-0.25, -0.2) is 0 Å². The highest BCUT2D eigenvalue weighted by molar-refractivity contribution is 5.71. The molecule has 86 valence electrons. The molecule has 15 heavy (non-hydrogen) atoms. The van der Waals surface area contributed by atoms with E-state index in [1.165, 1.54) is 0 Å². The van der Waals surface area contributed by atoms with Gasteiger partial charge in [-0.15, -0.1) is 0 Å². The molecule has 1 saturated heterocycles. The van der Waals surface area contributed by atoms with Gasteiger partial charge in [0.1, 0.15) is 0 Å². The highest BCUT2D eigenvalue weighted by atomic mass is 16.5. The van der Waals surface area contributed by atoms with Crippen LogP contribution in [0.4, 0.5) is 0 Å². The molecule has 3 heteroatoms. The van der Waals surface area contributed by atoms with E-state index in [1.54, 1.807) is 0 Å². The molecule has 2 rings (SSSR count). The first-order chi connectivity index (χ1) is 7.22. The van der Waals surface area contributed by atoms with Crippen molar-refractivity contribution in [2.45, 2.75) is 57.7 Å². The Balaban J connectivity index is 1.89. The van der Waals surface area contributed by atoms with Crippen molar-refractivity contribution in [2.24, 2.45) is 11.8 Å². The zero-order chi connectivity index (χ0) is 10.8. The Labute approximate surface area is 90.8 Å². The molecule has 1 aliphatic heterocycles. The van der Waals surface area contributed by atoms with E-state index in [4.69, 9.17) is 9.84 Å². The lowest BCUT2D eigenvalue weighted by molar-refractivity contribution is -0.144. The highest BCUT2D eigenvalue weighted by Crippen LogP contribution is 2.44. The first-order valence-electron chi connectivity index (χ1n) is 6.10. The summed E-state index contributed by atoms with van der Waals surface area (Å²) in [6.45, 7) is 2.15. The number of unbranched alkanes of at least 4 members (excludes halogenated alkanes) is 1. The second-order valence-corrected chi connectivity index (χ2v) is 4.88. The van der Waals surface area contributed by atoms with E-state index in [1.807, 2.05) is 0 Å². The minimum Gasteiger partial charge on any atom is -0.481 e. The van der Waals surface area contributed by atoms with Crippen molar-refractivity contribution < 1.29 is 14.6 Å². The molecule has 1 aliphatic carbocycles. The van der Waals surface area contributed by atoms with E-state index in [0.717, 1.165) is 38.5 Å². The maximum absolute atomic E-state index is 11.1. The number of ether oxygens (including phenoxy) is 1. The topological polar surface area (TPSA) is 46.5 Å². The van der Waals surface area contributed by atoms with Crippen molar-refractivity contribution in [3.8, 4) is 0 Å². The Morgan fingerprint density at radius 1 is 1.47 bits per heavy atom. The Bertz CT molecular complexity index is 235. The molecule has 0 bridgehead atoms. The third-order valence-electron chi connectivity index (χ3n) is 3.55. The van der Waals surface area contributed by atoms with E-state index in [9.17, 15) is 4.79 Å². The van der Waals surface area contributed by atoms with E-state index < -0.39 is 5.97 Å². The zero-order valence-electron chi connectivity index (χ0n) is 9.32. The van der Waals surface area contributed by atoms with Gasteiger partial charge in [0.15, 0.2) is 0 Å². The van der Waals surface area contributed by atoms with Gasteiger partial charge in [-0.2, -0.15) is 0 Å². The minimum absolute atomic E-state index is 0.0179. The van der Waals surface area contributed by atoms with Crippen LogP contribution < -0.4 is 0 Å². The second-order valence-electron chi connectivity index (χ2n) is 4.88. The van der Waals surface area contributed by atoms with Crippen molar-refractivity contribution in [3.63, 3.8) is 0 Å². The van der Waals surface area contributed by atoms with Crippen molar-refractivity contribution >= 4 is 5.97 Å². The highest BCUT2D eigenvalue weighted by Gasteiger charge is 2.47. The van der Waals surface area contributed by atoms with Crippen LogP contribution >= 0.6 is 0 Å². The first-order valence-corrected chi connectivity index (χ1v) is 6.10. The number of aliphatic carboxylic acids is 1. The molecule has 1 saturated carbocycles. The molecule has 1 N–H and O–H groups in total. The van der Waals surface area contributed by atoms with Gasteiger partial charge >= 0.3 is 5.97 Å². The SMILES string of the molecule is CCCCC1CC(C(=O)O)C(C2CC2)O1. The number of hydrogen-bond acceptors (Lipinski definition) is 2. The summed E-state index contributed by atoms with van der Waals surface area (Å²) in [5.41, 5.74) is 0. The predicted molar refractivity (Wildman–Crippen MR) is 56.7 cm³/mol. The summed E-state index contributed by atoms with van der Waals surface area (Å²) in [5.74, 6) is -0.358. The minimum atomic E-state index is -0.661. The number of carboxylic acid groups (broad SMARTS) is 1. The van der Waals surface area contributed by atoms with Gasteiger partial charge in [0.25, 0.3) is 0 Å². The number of carbonyl (C=O) groups is 1. The average molecular weight is 212 g/mol. The second kappa shape index (κ2) is 4.52. The molecule has 0 aromatic heterocycles. The molecule has 2 aliphatic rings. The Morgan fingerprint density at radius 2 is 2.20 bits per heavy atom. The Morgan fingerprint density at radius 3 is 2.73 bits per heavy atom. The molecule has 1 heterocycles. The summed E-state index contributed by atoms with van der Waals surface area (Å²) in [4.78, 5) is 11.1. The first kappa shape index (κ1) is 10.9. The lowest BCUT2D eigenvalue weighted by Gasteiger charge is -2.14. The van der Waals surface area contributed by atoms with E-state index >= 15 is 0 Å². The molecule has 0 amide bonds. The fourth-order valence-electron chi connectivity index (χ4n) is 2.51. The van der Waals surface area contributed by atoms with Crippen molar-refractivity contribution in [1.82, 2.24) is 0 Å². The molecular weight excluding hydrogens is 192 g/mol. The molecule has 2 fully saturated rings. The van der Waals surface area contributed by atoms with Gasteiger partial charge < -0.3 is 9.84 Å². The molecule has 0 aromatic rings. The number of hydrogen-bond donors (Lipinski definition) is 1. The monoisotopic (exact) mass is 212 g/mol. The predicted octanol–water partition coefficient (Wildman–Crippen LogP) is 2.44. The van der Waals surface area contributed by atoms with Gasteiger partial charge in [-0.05, 0) is 31.6 Å². The van der Waals surface area contributed by atoms with E-state index in [2.05, 4.69) is 6.92 Å². The quantitative estimate of drug-likeness (QED) is 0.761. The molecule has 3 unspecified atom stereocenters. The van der Waals surface area contributed by atoms with Crippen LogP contribution in [0.15, 0.2) is 0 Å². The summed E-state index contributed by atoms with van der Waals surface area (Å²) in [7, 11) is 0. The maximum atomic E-state index is 11.1. The summed E-state index contributed by atoms with van der Waals surface area (Å²) < 4.78 is 5.88. The summed E-state index contributed by atoms with van der Waals surface area (Å²) in [5, 5.41) is 9.12. The van der Waals surface area contributed by atoms with Crippen molar-refractivity contribution in [2.75, 3.05) is 0 Å². The molecule has 3 nitrogen and oxygen atoms in total. The lowest BCUT2D eigenvalue weighted by Crippen LogP contribution is -2.25. The van der Waals surface area contributed by atoms with Gasteiger partial charge in [-0.3, -0.25) is 4.79 Å². The number of carboxylic acids is 1. The molecular formula is C12H20O3. The molecule has 0 aromatic carbocycles. The van der Waals surface area contributed by atoms with Gasteiger partial charge in [0.05, 0.1) is 18.1 Å². The van der Waals surface area contributed by atoms with Crippen molar-refractivity contribution in [1.29, 1.82) is 0 Å². The van der Waals surface area contributed by atoms with Crippen LogP contribution in [0.5, 0.6) is 0 Å². The lowest BCUT2D eigenvalue weighted by atomic mass is 9.95. The van der Waals surface area contributed by atoms with E-state index in [0.29, 0.717) is 5.92 Å². The summed E-state index contributed by atoms with van der Waals surface area (Å²) in [6, 6.07) is 0. The van der Waals surface area contributed by atoms with Gasteiger partial charge in [0, 0.05) is 0 Å². The number of rotatable bonds is 5. The van der Waals surface area contributed by atoms with E-state index in [-0.39, 0.29) is 18.1 Å². The third-order valence-corrected chi connectivity index (χ3v) is 3.55. The average Bonchev–Trinajstić information content (AvgIpc) is 2.95. The zero-order valence-corrected chi connectivity index (χ0v) is 9.32.